The number of amides is 1. The minimum Gasteiger partial charge on any atom is -0.481 e. The van der Waals surface area contributed by atoms with Gasteiger partial charge in [0.05, 0.1) is 0 Å². The highest BCUT2D eigenvalue weighted by atomic mass is 16.4. The van der Waals surface area contributed by atoms with Crippen molar-refractivity contribution in [1.29, 1.82) is 0 Å². The van der Waals surface area contributed by atoms with Crippen molar-refractivity contribution in [2.75, 3.05) is 6.54 Å². The van der Waals surface area contributed by atoms with Crippen molar-refractivity contribution in [2.45, 2.75) is 96.8 Å². The van der Waals surface area contributed by atoms with Gasteiger partial charge in [0, 0.05) is 19.4 Å². The van der Waals surface area contributed by atoms with Gasteiger partial charge in [-0.1, -0.05) is 64.7 Å². The average molecular weight is 313 g/mol. The fourth-order valence-electron chi connectivity index (χ4n) is 2.49. The molecule has 0 bridgehead atoms. The second-order valence-corrected chi connectivity index (χ2v) is 6.13. The fourth-order valence-corrected chi connectivity index (χ4v) is 2.49. The van der Waals surface area contributed by atoms with Crippen LogP contribution in [0.15, 0.2) is 0 Å². The Balaban J connectivity index is 3.17. The summed E-state index contributed by atoms with van der Waals surface area (Å²) in [4.78, 5) is 21.9. The number of nitrogens with one attached hydrogen (secondary N) is 1. The monoisotopic (exact) mass is 313 g/mol. The molecule has 4 heteroatoms. The predicted molar refractivity (Wildman–Crippen MR) is 91.0 cm³/mol. The van der Waals surface area contributed by atoms with Gasteiger partial charge in [-0.25, -0.2) is 0 Å². The van der Waals surface area contributed by atoms with Crippen LogP contribution in [0, 0.1) is 0 Å². The molecular weight excluding hydrogens is 278 g/mol. The second kappa shape index (κ2) is 16.3. The van der Waals surface area contributed by atoms with Gasteiger partial charge in [0.25, 0.3) is 0 Å². The van der Waals surface area contributed by atoms with Gasteiger partial charge in [-0.05, 0) is 19.3 Å². The Morgan fingerprint density at radius 3 is 1.82 bits per heavy atom. The highest BCUT2D eigenvalue weighted by Crippen LogP contribution is 2.10. The molecule has 0 radical (unpaired) electrons. The van der Waals surface area contributed by atoms with Gasteiger partial charge in [0.2, 0.25) is 5.91 Å². The van der Waals surface area contributed by atoms with E-state index in [4.69, 9.17) is 5.11 Å². The van der Waals surface area contributed by atoms with Crippen LogP contribution in [0.3, 0.4) is 0 Å². The van der Waals surface area contributed by atoms with Crippen LogP contribution in [0.4, 0.5) is 0 Å². The van der Waals surface area contributed by atoms with E-state index in [-0.39, 0.29) is 12.3 Å². The first kappa shape index (κ1) is 20.9. The van der Waals surface area contributed by atoms with Crippen LogP contribution in [0.5, 0.6) is 0 Å². The Morgan fingerprint density at radius 2 is 1.23 bits per heavy atom. The lowest BCUT2D eigenvalue weighted by Gasteiger charge is -2.05. The number of carboxylic acid groups (broad SMARTS) is 1. The zero-order valence-corrected chi connectivity index (χ0v) is 14.4. The molecule has 0 saturated carbocycles. The van der Waals surface area contributed by atoms with E-state index in [0.717, 1.165) is 25.7 Å². The van der Waals surface area contributed by atoms with Crippen LogP contribution >= 0.6 is 0 Å². The Morgan fingerprint density at radius 1 is 0.727 bits per heavy atom. The molecule has 4 nitrogen and oxygen atoms in total. The number of carboxylic acids is 1. The highest BCUT2D eigenvalue weighted by molar-refractivity contribution is 5.75. The Hall–Kier alpha value is -1.06. The molecular formula is C18H35NO3. The summed E-state index contributed by atoms with van der Waals surface area (Å²) >= 11 is 0. The van der Waals surface area contributed by atoms with Gasteiger partial charge in [-0.3, -0.25) is 9.59 Å². The zero-order valence-electron chi connectivity index (χ0n) is 14.4. The van der Waals surface area contributed by atoms with Gasteiger partial charge in [-0.15, -0.1) is 0 Å². The summed E-state index contributed by atoms with van der Waals surface area (Å²) in [5.41, 5.74) is 0. The zero-order chi connectivity index (χ0) is 16.5. The van der Waals surface area contributed by atoms with Gasteiger partial charge in [0.15, 0.2) is 0 Å². The minimum atomic E-state index is -0.741. The lowest BCUT2D eigenvalue weighted by Crippen LogP contribution is -2.23. The topological polar surface area (TPSA) is 66.4 Å². The smallest absolute Gasteiger partial charge is 0.303 e. The molecule has 0 fully saturated rings. The predicted octanol–water partition coefficient (Wildman–Crippen LogP) is 4.67. The molecule has 0 aliphatic heterocycles. The second-order valence-electron chi connectivity index (χ2n) is 6.13. The molecule has 0 aliphatic carbocycles. The van der Waals surface area contributed by atoms with E-state index >= 15 is 0 Å². The van der Waals surface area contributed by atoms with Crippen LogP contribution < -0.4 is 5.32 Å². The number of carbonyl (C=O) groups is 2. The molecule has 0 aromatic heterocycles. The third kappa shape index (κ3) is 17.0. The number of hydrogen-bond donors (Lipinski definition) is 2. The molecule has 0 aromatic rings. The van der Waals surface area contributed by atoms with E-state index in [2.05, 4.69) is 12.2 Å². The lowest BCUT2D eigenvalue weighted by atomic mass is 10.1. The fraction of sp³-hybridized carbons (Fsp3) is 0.889. The van der Waals surface area contributed by atoms with Crippen molar-refractivity contribution in [2.24, 2.45) is 0 Å². The number of unbranched alkanes of at least 4 members (excludes halogenated alkanes) is 10. The summed E-state index contributed by atoms with van der Waals surface area (Å²) in [6.07, 6.45) is 14.7. The summed E-state index contributed by atoms with van der Waals surface area (Å²) in [6.45, 7) is 2.91. The third-order valence-corrected chi connectivity index (χ3v) is 3.90. The van der Waals surface area contributed by atoms with Crippen LogP contribution in [0.1, 0.15) is 96.8 Å². The summed E-state index contributed by atoms with van der Waals surface area (Å²) in [5, 5.41) is 11.4. The Kier molecular flexibility index (Phi) is 15.5. The summed E-state index contributed by atoms with van der Waals surface area (Å²) in [5.74, 6) is -0.601. The molecule has 0 spiro atoms. The van der Waals surface area contributed by atoms with Gasteiger partial charge < -0.3 is 10.4 Å². The van der Waals surface area contributed by atoms with Crippen LogP contribution in [-0.2, 0) is 9.59 Å². The van der Waals surface area contributed by atoms with E-state index in [1.54, 1.807) is 0 Å². The van der Waals surface area contributed by atoms with E-state index in [1.165, 1.54) is 44.9 Å². The van der Waals surface area contributed by atoms with E-state index in [0.29, 0.717) is 19.4 Å². The molecule has 0 unspecified atom stereocenters. The van der Waals surface area contributed by atoms with Gasteiger partial charge >= 0.3 is 5.97 Å². The van der Waals surface area contributed by atoms with Crippen molar-refractivity contribution in [3.8, 4) is 0 Å². The Bertz CT molecular complexity index is 280. The van der Waals surface area contributed by atoms with Gasteiger partial charge in [0.1, 0.15) is 0 Å². The molecule has 2 N–H and O–H groups in total. The molecule has 0 atom stereocenters. The quantitative estimate of drug-likeness (QED) is 0.407. The number of aliphatic carboxylic acids is 1. The van der Waals surface area contributed by atoms with E-state index in [1.807, 2.05) is 0 Å². The molecule has 0 heterocycles. The summed E-state index contributed by atoms with van der Waals surface area (Å²) < 4.78 is 0. The summed E-state index contributed by atoms with van der Waals surface area (Å²) in [7, 11) is 0. The number of carbonyl (C=O) groups excluding carboxylic acids is 1. The number of hydrogen-bond acceptors (Lipinski definition) is 2. The Labute approximate surface area is 136 Å². The van der Waals surface area contributed by atoms with Crippen LogP contribution in [0.2, 0.25) is 0 Å². The van der Waals surface area contributed by atoms with E-state index in [9.17, 15) is 9.59 Å². The molecule has 1 amide bonds. The van der Waals surface area contributed by atoms with Crippen molar-refractivity contribution in [3.63, 3.8) is 0 Å². The first-order valence-corrected chi connectivity index (χ1v) is 9.15. The maximum atomic E-state index is 11.6. The highest BCUT2D eigenvalue weighted by Gasteiger charge is 2.01. The molecule has 0 saturated heterocycles. The first-order valence-electron chi connectivity index (χ1n) is 9.15. The van der Waals surface area contributed by atoms with E-state index < -0.39 is 5.97 Å². The standard InChI is InChI=1S/C18H35NO3/c1-2-3-4-5-6-7-8-9-11-14-17(20)19-16-13-10-12-15-18(21)22/h2-16H2,1H3,(H,19,20)(H,21,22). The van der Waals surface area contributed by atoms with Gasteiger partial charge in [-0.2, -0.15) is 0 Å². The molecule has 0 rings (SSSR count). The SMILES string of the molecule is CCCCCCCCCCCC(=O)NCCCCCC(=O)O. The van der Waals surface area contributed by atoms with Crippen molar-refractivity contribution < 1.29 is 14.7 Å². The maximum absolute atomic E-state index is 11.6. The van der Waals surface area contributed by atoms with Crippen LogP contribution in [-0.4, -0.2) is 23.5 Å². The normalized spacial score (nSPS) is 10.6. The third-order valence-electron chi connectivity index (χ3n) is 3.90. The first-order chi connectivity index (χ1) is 10.7. The maximum Gasteiger partial charge on any atom is 0.303 e. The molecule has 22 heavy (non-hydrogen) atoms. The average Bonchev–Trinajstić information content (AvgIpc) is 2.48. The lowest BCUT2D eigenvalue weighted by molar-refractivity contribution is -0.137. The summed E-state index contributed by atoms with van der Waals surface area (Å²) in [6, 6.07) is 0. The minimum absolute atomic E-state index is 0.140. The molecule has 130 valence electrons. The van der Waals surface area contributed by atoms with Crippen molar-refractivity contribution in [1.82, 2.24) is 5.32 Å². The van der Waals surface area contributed by atoms with Crippen molar-refractivity contribution in [3.05, 3.63) is 0 Å². The molecule has 0 aromatic carbocycles. The largest absolute Gasteiger partial charge is 0.481 e. The molecule has 0 aliphatic rings. The van der Waals surface area contributed by atoms with Crippen LogP contribution in [0.25, 0.3) is 0 Å². The van der Waals surface area contributed by atoms with Crippen molar-refractivity contribution >= 4 is 11.9 Å². The number of rotatable bonds is 16.